The number of rotatable bonds is 5. The summed E-state index contributed by atoms with van der Waals surface area (Å²) in [5.74, 6) is 0.577. The van der Waals surface area contributed by atoms with E-state index in [1.807, 2.05) is 24.3 Å². The number of halogens is 1. The quantitative estimate of drug-likeness (QED) is 0.744. The van der Waals surface area contributed by atoms with E-state index in [4.69, 9.17) is 16.3 Å². The average Bonchev–Trinajstić information content (AvgIpc) is 3.15. The van der Waals surface area contributed by atoms with E-state index in [-0.39, 0.29) is 24.5 Å². The molecule has 0 saturated heterocycles. The second-order valence-corrected chi connectivity index (χ2v) is 8.75. The largest absolute Gasteiger partial charge is 0.455 e. The molecule has 2 aliphatic carbocycles. The Morgan fingerprint density at radius 2 is 1.78 bits per heavy atom. The van der Waals surface area contributed by atoms with Crippen LogP contribution in [-0.4, -0.2) is 24.5 Å². The zero-order valence-electron chi connectivity index (χ0n) is 16.3. The van der Waals surface area contributed by atoms with Crippen LogP contribution in [0.15, 0.2) is 24.3 Å². The summed E-state index contributed by atoms with van der Waals surface area (Å²) in [4.78, 5) is 25.3. The predicted octanol–water partition coefficient (Wildman–Crippen LogP) is 4.64. The minimum Gasteiger partial charge on any atom is -0.455 e. The lowest BCUT2D eigenvalue weighted by Crippen LogP contribution is -2.46. The molecule has 1 N–H and O–H groups in total. The summed E-state index contributed by atoms with van der Waals surface area (Å²) < 4.78 is 5.50. The molecule has 148 valence electrons. The highest BCUT2D eigenvalue weighted by Gasteiger charge is 2.44. The Morgan fingerprint density at radius 3 is 2.44 bits per heavy atom. The van der Waals surface area contributed by atoms with Crippen molar-refractivity contribution >= 4 is 23.5 Å². The van der Waals surface area contributed by atoms with Crippen LogP contribution in [0.3, 0.4) is 0 Å². The third-order valence-electron chi connectivity index (χ3n) is 6.63. The number of hydrogen-bond acceptors (Lipinski definition) is 3. The molecule has 5 heteroatoms. The molecule has 0 bridgehead atoms. The molecule has 0 radical (unpaired) electrons. The summed E-state index contributed by atoms with van der Waals surface area (Å²) >= 11 is 5.99. The molecule has 1 aromatic carbocycles. The predicted molar refractivity (Wildman–Crippen MR) is 107 cm³/mol. The second-order valence-electron chi connectivity index (χ2n) is 8.31. The first-order chi connectivity index (χ1) is 12.9. The fraction of sp³-hybridized carbons (Fsp3) is 0.636. The molecular weight excluding hydrogens is 362 g/mol. The van der Waals surface area contributed by atoms with Gasteiger partial charge in [0.1, 0.15) is 0 Å². The Morgan fingerprint density at radius 1 is 1.11 bits per heavy atom. The zero-order chi connectivity index (χ0) is 19.4. The van der Waals surface area contributed by atoms with Gasteiger partial charge in [-0.1, -0.05) is 63.3 Å². The van der Waals surface area contributed by atoms with E-state index in [2.05, 4.69) is 19.2 Å². The normalized spacial score (nSPS) is 27.1. The Hall–Kier alpha value is -1.55. The molecule has 27 heavy (non-hydrogen) atoms. The van der Waals surface area contributed by atoms with Crippen LogP contribution in [0.1, 0.15) is 64.4 Å². The monoisotopic (exact) mass is 391 g/mol. The third kappa shape index (κ3) is 4.48. The molecular formula is C22H30ClNO3. The van der Waals surface area contributed by atoms with Gasteiger partial charge in [-0.2, -0.15) is 0 Å². The van der Waals surface area contributed by atoms with Crippen molar-refractivity contribution in [2.24, 2.45) is 11.8 Å². The van der Waals surface area contributed by atoms with Crippen LogP contribution in [0.25, 0.3) is 0 Å². The van der Waals surface area contributed by atoms with Gasteiger partial charge in [-0.3, -0.25) is 9.59 Å². The van der Waals surface area contributed by atoms with Gasteiger partial charge in [0.25, 0.3) is 5.91 Å². The van der Waals surface area contributed by atoms with Crippen molar-refractivity contribution in [3.8, 4) is 0 Å². The number of hydrogen-bond donors (Lipinski definition) is 1. The highest BCUT2D eigenvalue weighted by atomic mass is 35.5. The molecule has 0 spiro atoms. The maximum atomic E-state index is 12.9. The highest BCUT2D eigenvalue weighted by Crippen LogP contribution is 2.42. The van der Waals surface area contributed by atoms with Crippen LogP contribution in [0.5, 0.6) is 0 Å². The molecule has 0 unspecified atom stereocenters. The molecule has 3 rings (SSSR count). The SMILES string of the molecule is C[C@@H]1[C@H](C)CCC[C@H]1NC(=O)COC(=O)C1(c2ccc(Cl)cc2)CCCC1. The lowest BCUT2D eigenvalue weighted by Gasteiger charge is -2.34. The average molecular weight is 392 g/mol. The van der Waals surface area contributed by atoms with Gasteiger partial charge in [-0.15, -0.1) is 0 Å². The topological polar surface area (TPSA) is 55.4 Å². The van der Waals surface area contributed by atoms with Gasteiger partial charge in [0.15, 0.2) is 6.61 Å². The maximum Gasteiger partial charge on any atom is 0.317 e. The number of nitrogens with one attached hydrogen (secondary N) is 1. The first-order valence-corrected chi connectivity index (χ1v) is 10.5. The molecule has 1 aromatic rings. The molecule has 0 aliphatic heterocycles. The van der Waals surface area contributed by atoms with Gasteiger partial charge in [0.05, 0.1) is 5.41 Å². The van der Waals surface area contributed by atoms with Gasteiger partial charge in [-0.05, 0) is 48.8 Å². The molecule has 2 fully saturated rings. The van der Waals surface area contributed by atoms with Gasteiger partial charge in [-0.25, -0.2) is 0 Å². The molecule has 2 aliphatic rings. The summed E-state index contributed by atoms with van der Waals surface area (Å²) in [5.41, 5.74) is 0.293. The van der Waals surface area contributed by atoms with Crippen LogP contribution >= 0.6 is 11.6 Å². The molecule has 0 aromatic heterocycles. The van der Waals surface area contributed by atoms with E-state index in [1.54, 1.807) is 0 Å². The third-order valence-corrected chi connectivity index (χ3v) is 6.88. The van der Waals surface area contributed by atoms with Gasteiger partial charge in [0.2, 0.25) is 0 Å². The minimum absolute atomic E-state index is 0.177. The fourth-order valence-corrected chi connectivity index (χ4v) is 4.79. The Balaban J connectivity index is 1.60. The molecule has 1 amide bonds. The van der Waals surface area contributed by atoms with E-state index < -0.39 is 5.41 Å². The number of carbonyl (C=O) groups excluding carboxylic acids is 2. The summed E-state index contributed by atoms with van der Waals surface area (Å²) in [6.45, 7) is 4.22. The smallest absolute Gasteiger partial charge is 0.317 e. The van der Waals surface area contributed by atoms with E-state index in [0.717, 1.165) is 44.1 Å². The van der Waals surface area contributed by atoms with Crippen molar-refractivity contribution in [1.29, 1.82) is 0 Å². The number of amides is 1. The van der Waals surface area contributed by atoms with Crippen molar-refractivity contribution in [3.63, 3.8) is 0 Å². The number of carbonyl (C=O) groups is 2. The van der Waals surface area contributed by atoms with Crippen LogP contribution in [0, 0.1) is 11.8 Å². The van der Waals surface area contributed by atoms with Gasteiger partial charge in [0, 0.05) is 11.1 Å². The standard InChI is InChI=1S/C22H30ClNO3/c1-15-6-5-7-19(16(15)2)24-20(25)14-27-21(26)22(12-3-4-13-22)17-8-10-18(23)11-9-17/h8-11,15-16,19H,3-7,12-14H2,1-2H3,(H,24,25)/t15-,16-,19-/m1/s1. The molecule has 4 nitrogen and oxygen atoms in total. The summed E-state index contributed by atoms with van der Waals surface area (Å²) in [7, 11) is 0. The van der Waals surface area contributed by atoms with Gasteiger partial charge >= 0.3 is 5.97 Å². The summed E-state index contributed by atoms with van der Waals surface area (Å²) in [5, 5.41) is 3.72. The Bertz CT molecular complexity index is 667. The van der Waals surface area contributed by atoms with Crippen molar-refractivity contribution in [2.75, 3.05) is 6.61 Å². The van der Waals surface area contributed by atoms with Crippen molar-refractivity contribution in [2.45, 2.75) is 70.3 Å². The van der Waals surface area contributed by atoms with Crippen LogP contribution in [0.4, 0.5) is 0 Å². The van der Waals surface area contributed by atoms with E-state index >= 15 is 0 Å². The van der Waals surface area contributed by atoms with Crippen molar-refractivity contribution < 1.29 is 14.3 Å². The molecule has 3 atom stereocenters. The number of ether oxygens (including phenoxy) is 1. The van der Waals surface area contributed by atoms with Crippen LogP contribution in [0.2, 0.25) is 5.02 Å². The fourth-order valence-electron chi connectivity index (χ4n) is 4.66. The van der Waals surface area contributed by atoms with Gasteiger partial charge < -0.3 is 10.1 Å². The molecule has 2 saturated carbocycles. The first-order valence-electron chi connectivity index (χ1n) is 10.1. The van der Waals surface area contributed by atoms with E-state index in [0.29, 0.717) is 16.9 Å². The van der Waals surface area contributed by atoms with Crippen LogP contribution < -0.4 is 5.32 Å². The first kappa shape index (κ1) is 20.2. The maximum absolute atomic E-state index is 12.9. The highest BCUT2D eigenvalue weighted by molar-refractivity contribution is 6.30. The van der Waals surface area contributed by atoms with E-state index in [9.17, 15) is 9.59 Å². The van der Waals surface area contributed by atoms with Crippen molar-refractivity contribution in [3.05, 3.63) is 34.9 Å². The summed E-state index contributed by atoms with van der Waals surface area (Å²) in [6.07, 6.45) is 6.84. The van der Waals surface area contributed by atoms with Crippen molar-refractivity contribution in [1.82, 2.24) is 5.32 Å². The lowest BCUT2D eigenvalue weighted by molar-refractivity contribution is -0.154. The second kappa shape index (κ2) is 8.64. The number of benzene rings is 1. The van der Waals surface area contributed by atoms with E-state index in [1.165, 1.54) is 6.42 Å². The Labute approximate surface area is 167 Å². The summed E-state index contributed by atoms with van der Waals surface area (Å²) in [6, 6.07) is 7.60. The Kier molecular flexibility index (Phi) is 6.46. The van der Waals surface area contributed by atoms with Crippen LogP contribution in [-0.2, 0) is 19.7 Å². The lowest BCUT2D eigenvalue weighted by atomic mass is 9.78. The minimum atomic E-state index is -0.641. The zero-order valence-corrected chi connectivity index (χ0v) is 17.1. The number of esters is 1. The molecule has 0 heterocycles.